The maximum Gasteiger partial charge on any atom is 0.0466 e. The van der Waals surface area contributed by atoms with Crippen LogP contribution in [-0.2, 0) is 6.42 Å². The number of aryl methyl sites for hydroxylation is 1. The highest BCUT2D eigenvalue weighted by atomic mass is 16.4. The molecule has 1 N–H and O–H groups in total. The predicted octanol–water partition coefficient (Wildman–Crippen LogP) is 3.82. The van der Waals surface area contributed by atoms with E-state index in [0.717, 1.165) is 25.2 Å². The average Bonchev–Trinajstić information content (AvgIpc) is 2.50. The molecule has 0 radical (unpaired) electrons. The van der Waals surface area contributed by atoms with E-state index in [1.54, 1.807) is 6.21 Å². The van der Waals surface area contributed by atoms with E-state index in [1.807, 2.05) is 0 Å². The molecule has 0 amide bonds. The van der Waals surface area contributed by atoms with E-state index in [2.05, 4.69) is 54.5 Å². The van der Waals surface area contributed by atoms with Gasteiger partial charge in [-0.05, 0) is 70.0 Å². The van der Waals surface area contributed by atoms with Gasteiger partial charge in [0.15, 0.2) is 0 Å². The molecule has 1 aromatic rings. The second kappa shape index (κ2) is 8.18. The largest absolute Gasteiger partial charge is 0.411 e. The lowest BCUT2D eigenvalue weighted by atomic mass is 9.77. The fourth-order valence-electron chi connectivity index (χ4n) is 3.65. The van der Waals surface area contributed by atoms with Crippen molar-refractivity contribution >= 4 is 6.21 Å². The van der Waals surface area contributed by atoms with Gasteiger partial charge in [-0.25, -0.2) is 0 Å². The molecule has 0 bridgehead atoms. The van der Waals surface area contributed by atoms with Crippen molar-refractivity contribution in [2.75, 3.05) is 14.1 Å². The van der Waals surface area contributed by atoms with Crippen LogP contribution < -0.4 is 0 Å². The topological polar surface area (TPSA) is 35.8 Å². The predicted molar refractivity (Wildman–Crippen MR) is 88.0 cm³/mol. The molecule has 1 fully saturated rings. The van der Waals surface area contributed by atoms with E-state index >= 15 is 0 Å². The van der Waals surface area contributed by atoms with Crippen LogP contribution in [0.25, 0.3) is 0 Å². The minimum atomic E-state index is 0.475. The van der Waals surface area contributed by atoms with Crippen LogP contribution >= 0.6 is 0 Å². The molecule has 0 aromatic heterocycles. The Morgan fingerprint density at radius 3 is 2.43 bits per heavy atom. The van der Waals surface area contributed by atoms with Gasteiger partial charge in [0.25, 0.3) is 0 Å². The summed E-state index contributed by atoms with van der Waals surface area (Å²) in [5, 5.41) is 11.9. The molecule has 1 unspecified atom stereocenters. The van der Waals surface area contributed by atoms with Gasteiger partial charge in [0.1, 0.15) is 0 Å². The second-order valence-corrected chi connectivity index (χ2v) is 6.49. The number of nitrogens with zero attached hydrogens (tertiary/aromatic N) is 2. The highest BCUT2D eigenvalue weighted by molar-refractivity contribution is 5.59. The van der Waals surface area contributed by atoms with Crippen LogP contribution in [0.5, 0.6) is 0 Å². The SMILES string of the molecule is CN(C)C(CCc1ccccc1)C1CCC(/C=N\O)CC1. The zero-order valence-electron chi connectivity index (χ0n) is 13.3. The Morgan fingerprint density at radius 2 is 1.86 bits per heavy atom. The molecule has 1 aliphatic carbocycles. The van der Waals surface area contributed by atoms with E-state index in [4.69, 9.17) is 5.21 Å². The summed E-state index contributed by atoms with van der Waals surface area (Å²) in [5.74, 6) is 1.25. The van der Waals surface area contributed by atoms with Gasteiger partial charge in [0.2, 0.25) is 0 Å². The zero-order valence-corrected chi connectivity index (χ0v) is 13.3. The summed E-state index contributed by atoms with van der Waals surface area (Å²) in [6, 6.07) is 11.4. The summed E-state index contributed by atoms with van der Waals surface area (Å²) in [4.78, 5) is 2.40. The highest BCUT2D eigenvalue weighted by Crippen LogP contribution is 2.33. The first kappa shape index (κ1) is 16.0. The van der Waals surface area contributed by atoms with E-state index in [1.165, 1.54) is 24.8 Å². The molecular weight excluding hydrogens is 260 g/mol. The quantitative estimate of drug-likeness (QED) is 0.491. The standard InChI is InChI=1S/C18H28N2O/c1-20(2)18(13-10-15-6-4-3-5-7-15)17-11-8-16(9-12-17)14-19-21/h3-7,14,16-18,21H,8-13H2,1-2H3/b19-14-. The van der Waals surface area contributed by atoms with Crippen LogP contribution in [0.2, 0.25) is 0 Å². The van der Waals surface area contributed by atoms with Crippen LogP contribution in [-0.4, -0.2) is 36.5 Å². The third-order valence-corrected chi connectivity index (χ3v) is 4.87. The molecule has 1 aliphatic rings. The molecule has 3 nitrogen and oxygen atoms in total. The molecule has 21 heavy (non-hydrogen) atoms. The van der Waals surface area contributed by atoms with Crippen LogP contribution in [0.15, 0.2) is 35.5 Å². The maximum absolute atomic E-state index is 8.65. The molecule has 0 aliphatic heterocycles. The molecule has 3 heteroatoms. The molecule has 1 atom stereocenters. The van der Waals surface area contributed by atoms with Gasteiger partial charge >= 0.3 is 0 Å². The Labute approximate surface area is 128 Å². The lowest BCUT2D eigenvalue weighted by Crippen LogP contribution is -2.37. The van der Waals surface area contributed by atoms with Gasteiger partial charge in [-0.2, -0.15) is 0 Å². The maximum atomic E-state index is 8.65. The Bertz CT molecular complexity index is 422. The number of rotatable bonds is 6. The van der Waals surface area contributed by atoms with E-state index in [9.17, 15) is 0 Å². The fraction of sp³-hybridized carbons (Fsp3) is 0.611. The first-order valence-electron chi connectivity index (χ1n) is 8.08. The third kappa shape index (κ3) is 4.85. The van der Waals surface area contributed by atoms with Crippen molar-refractivity contribution in [3.8, 4) is 0 Å². The lowest BCUT2D eigenvalue weighted by Gasteiger charge is -2.36. The van der Waals surface area contributed by atoms with Crippen molar-refractivity contribution in [3.63, 3.8) is 0 Å². The molecule has 2 rings (SSSR count). The van der Waals surface area contributed by atoms with Gasteiger partial charge in [-0.15, -0.1) is 5.16 Å². The van der Waals surface area contributed by atoms with Crippen LogP contribution in [0, 0.1) is 11.8 Å². The van der Waals surface area contributed by atoms with Gasteiger partial charge < -0.3 is 10.1 Å². The van der Waals surface area contributed by atoms with Crippen LogP contribution in [0.1, 0.15) is 37.7 Å². The normalized spacial score (nSPS) is 24.5. The van der Waals surface area contributed by atoms with Crippen molar-refractivity contribution in [2.45, 2.75) is 44.6 Å². The smallest absolute Gasteiger partial charge is 0.0466 e. The Balaban J connectivity index is 1.88. The Morgan fingerprint density at radius 1 is 1.19 bits per heavy atom. The molecule has 0 spiro atoms. The second-order valence-electron chi connectivity index (χ2n) is 6.49. The Kier molecular flexibility index (Phi) is 6.24. The summed E-state index contributed by atoms with van der Waals surface area (Å²) in [6.45, 7) is 0. The van der Waals surface area contributed by atoms with E-state index in [-0.39, 0.29) is 0 Å². The number of hydrogen-bond acceptors (Lipinski definition) is 3. The summed E-state index contributed by atoms with van der Waals surface area (Å²) >= 11 is 0. The summed E-state index contributed by atoms with van der Waals surface area (Å²) in [5.41, 5.74) is 1.44. The van der Waals surface area contributed by atoms with Crippen molar-refractivity contribution in [1.29, 1.82) is 0 Å². The van der Waals surface area contributed by atoms with E-state index < -0.39 is 0 Å². The molecule has 1 aromatic carbocycles. The molecule has 0 saturated heterocycles. The van der Waals surface area contributed by atoms with Crippen molar-refractivity contribution in [3.05, 3.63) is 35.9 Å². The highest BCUT2D eigenvalue weighted by Gasteiger charge is 2.28. The first-order chi connectivity index (χ1) is 10.2. The fourth-order valence-corrected chi connectivity index (χ4v) is 3.65. The van der Waals surface area contributed by atoms with Crippen molar-refractivity contribution in [1.82, 2.24) is 4.90 Å². The summed E-state index contributed by atoms with van der Waals surface area (Å²) in [7, 11) is 4.41. The number of hydrogen-bond donors (Lipinski definition) is 1. The zero-order chi connectivity index (χ0) is 15.1. The van der Waals surface area contributed by atoms with Gasteiger partial charge in [-0.3, -0.25) is 0 Å². The number of oxime groups is 1. The summed E-state index contributed by atoms with van der Waals surface area (Å²) in [6.07, 6.45) is 8.89. The van der Waals surface area contributed by atoms with Crippen molar-refractivity contribution in [2.24, 2.45) is 17.0 Å². The monoisotopic (exact) mass is 288 g/mol. The number of benzene rings is 1. The molecular formula is C18H28N2O. The van der Waals surface area contributed by atoms with Gasteiger partial charge in [0, 0.05) is 12.3 Å². The minimum absolute atomic E-state index is 0.475. The molecule has 116 valence electrons. The van der Waals surface area contributed by atoms with Crippen LogP contribution in [0.3, 0.4) is 0 Å². The van der Waals surface area contributed by atoms with Crippen LogP contribution in [0.4, 0.5) is 0 Å². The van der Waals surface area contributed by atoms with Gasteiger partial charge in [-0.1, -0.05) is 30.3 Å². The average molecular weight is 288 g/mol. The molecule has 0 heterocycles. The third-order valence-electron chi connectivity index (χ3n) is 4.87. The Hall–Kier alpha value is -1.35. The first-order valence-corrected chi connectivity index (χ1v) is 8.08. The minimum Gasteiger partial charge on any atom is -0.411 e. The van der Waals surface area contributed by atoms with Crippen molar-refractivity contribution < 1.29 is 5.21 Å². The lowest BCUT2D eigenvalue weighted by molar-refractivity contribution is 0.152. The molecule has 1 saturated carbocycles. The van der Waals surface area contributed by atoms with Gasteiger partial charge in [0.05, 0.1) is 0 Å². The van der Waals surface area contributed by atoms with E-state index in [0.29, 0.717) is 12.0 Å². The summed E-state index contributed by atoms with van der Waals surface area (Å²) < 4.78 is 0.